The van der Waals surface area contributed by atoms with Gasteiger partial charge in [0.15, 0.2) is 0 Å². The number of benzene rings is 1. The monoisotopic (exact) mass is 285 g/mol. The Balaban J connectivity index is 1.52. The Morgan fingerprint density at radius 1 is 1.05 bits per heavy atom. The van der Waals surface area contributed by atoms with E-state index in [9.17, 15) is 0 Å². The van der Waals surface area contributed by atoms with Crippen LogP contribution in [0.2, 0.25) is 0 Å². The van der Waals surface area contributed by atoms with E-state index in [1.54, 1.807) is 0 Å². The van der Waals surface area contributed by atoms with Gasteiger partial charge in [-0.1, -0.05) is 37.1 Å². The van der Waals surface area contributed by atoms with E-state index in [0.29, 0.717) is 6.10 Å². The van der Waals surface area contributed by atoms with Gasteiger partial charge >= 0.3 is 0 Å². The van der Waals surface area contributed by atoms with Gasteiger partial charge in [-0.25, -0.2) is 0 Å². The quantitative estimate of drug-likeness (QED) is 0.889. The fraction of sp³-hybridized carbons (Fsp3) is 0.684. The van der Waals surface area contributed by atoms with E-state index < -0.39 is 0 Å². The largest absolute Gasteiger partial charge is 0.372 e. The summed E-state index contributed by atoms with van der Waals surface area (Å²) in [5.74, 6) is 0. The maximum atomic E-state index is 6.86. The molecule has 1 spiro atoms. The van der Waals surface area contributed by atoms with Gasteiger partial charge in [-0.2, -0.15) is 0 Å². The first-order valence-corrected chi connectivity index (χ1v) is 8.74. The van der Waals surface area contributed by atoms with Crippen LogP contribution in [-0.4, -0.2) is 11.7 Å². The summed E-state index contributed by atoms with van der Waals surface area (Å²) in [5, 5.41) is 0. The zero-order chi connectivity index (χ0) is 14.3. The molecule has 2 fully saturated rings. The van der Waals surface area contributed by atoms with Gasteiger partial charge < -0.3 is 10.5 Å². The molecule has 1 aromatic rings. The van der Waals surface area contributed by atoms with Crippen molar-refractivity contribution in [2.75, 3.05) is 0 Å². The Labute approximate surface area is 128 Å². The van der Waals surface area contributed by atoms with Crippen molar-refractivity contribution in [2.24, 2.45) is 5.73 Å². The van der Waals surface area contributed by atoms with Crippen LogP contribution in [0, 0.1) is 0 Å². The van der Waals surface area contributed by atoms with Crippen LogP contribution in [-0.2, 0) is 16.7 Å². The minimum atomic E-state index is -0.163. The van der Waals surface area contributed by atoms with Gasteiger partial charge in [0.05, 0.1) is 11.7 Å². The number of hydrogen-bond acceptors (Lipinski definition) is 2. The Morgan fingerprint density at radius 2 is 1.86 bits per heavy atom. The molecule has 1 aromatic carbocycles. The highest BCUT2D eigenvalue weighted by Crippen LogP contribution is 2.46. The Morgan fingerprint density at radius 3 is 2.71 bits per heavy atom. The standard InChI is InChI=1S/C19H27NO/c20-19(12-5-7-15-6-1-2-8-17(15)19)14-16-9-13-18(21-16)10-3-4-11-18/h1-2,6,8,16H,3-5,7,9-14,20H2. The van der Waals surface area contributed by atoms with Gasteiger partial charge in [0, 0.05) is 5.54 Å². The lowest BCUT2D eigenvalue weighted by Gasteiger charge is -2.38. The zero-order valence-corrected chi connectivity index (χ0v) is 12.9. The summed E-state index contributed by atoms with van der Waals surface area (Å²) >= 11 is 0. The highest BCUT2D eigenvalue weighted by molar-refractivity contribution is 5.36. The minimum Gasteiger partial charge on any atom is -0.372 e. The first-order chi connectivity index (χ1) is 10.2. The maximum Gasteiger partial charge on any atom is 0.0687 e. The molecule has 0 aromatic heterocycles. The maximum absolute atomic E-state index is 6.86. The smallest absolute Gasteiger partial charge is 0.0687 e. The van der Waals surface area contributed by atoms with Crippen molar-refractivity contribution < 1.29 is 4.74 Å². The molecule has 1 saturated carbocycles. The number of rotatable bonds is 2. The van der Waals surface area contributed by atoms with Crippen LogP contribution in [0.15, 0.2) is 24.3 Å². The summed E-state index contributed by atoms with van der Waals surface area (Å²) < 4.78 is 6.51. The molecule has 0 bridgehead atoms. The second-order valence-electron chi connectivity index (χ2n) is 7.54. The van der Waals surface area contributed by atoms with E-state index in [-0.39, 0.29) is 11.1 Å². The zero-order valence-electron chi connectivity index (χ0n) is 12.9. The van der Waals surface area contributed by atoms with Gasteiger partial charge in [0.1, 0.15) is 0 Å². The molecular weight excluding hydrogens is 258 g/mol. The van der Waals surface area contributed by atoms with Gasteiger partial charge in [-0.3, -0.25) is 0 Å². The molecule has 2 aliphatic carbocycles. The van der Waals surface area contributed by atoms with Crippen molar-refractivity contribution >= 4 is 0 Å². The second kappa shape index (κ2) is 5.10. The summed E-state index contributed by atoms with van der Waals surface area (Å²) in [6.07, 6.45) is 12.6. The van der Waals surface area contributed by atoms with E-state index in [4.69, 9.17) is 10.5 Å². The summed E-state index contributed by atoms with van der Waals surface area (Å²) in [5.41, 5.74) is 9.77. The van der Waals surface area contributed by atoms with E-state index in [1.165, 1.54) is 62.5 Å². The lowest BCUT2D eigenvalue weighted by molar-refractivity contribution is -0.0475. The van der Waals surface area contributed by atoms with Gasteiger partial charge in [-0.05, 0) is 62.5 Å². The number of hydrogen-bond donors (Lipinski definition) is 1. The van der Waals surface area contributed by atoms with Crippen LogP contribution in [0.4, 0.5) is 0 Å². The van der Waals surface area contributed by atoms with E-state index in [0.717, 1.165) is 12.8 Å². The molecule has 2 unspecified atom stereocenters. The van der Waals surface area contributed by atoms with Crippen LogP contribution in [0.25, 0.3) is 0 Å². The average Bonchev–Trinajstić information content (AvgIpc) is 3.10. The number of ether oxygens (including phenoxy) is 1. The van der Waals surface area contributed by atoms with Crippen LogP contribution in [0.3, 0.4) is 0 Å². The van der Waals surface area contributed by atoms with E-state index in [2.05, 4.69) is 24.3 Å². The first-order valence-electron chi connectivity index (χ1n) is 8.74. The third kappa shape index (κ3) is 2.43. The molecule has 2 atom stereocenters. The second-order valence-corrected chi connectivity index (χ2v) is 7.54. The van der Waals surface area contributed by atoms with E-state index >= 15 is 0 Å². The summed E-state index contributed by atoms with van der Waals surface area (Å²) in [4.78, 5) is 0. The summed E-state index contributed by atoms with van der Waals surface area (Å²) in [7, 11) is 0. The lowest BCUT2D eigenvalue weighted by Crippen LogP contribution is -2.43. The molecular formula is C19H27NO. The molecule has 21 heavy (non-hydrogen) atoms. The number of nitrogens with two attached hydrogens (primary N) is 1. The number of fused-ring (bicyclic) bond motifs is 1. The van der Waals surface area contributed by atoms with Crippen molar-refractivity contribution in [3.05, 3.63) is 35.4 Å². The van der Waals surface area contributed by atoms with Crippen molar-refractivity contribution in [1.82, 2.24) is 0 Å². The molecule has 114 valence electrons. The predicted octanol–water partition coefficient (Wildman–Crippen LogP) is 4.06. The lowest BCUT2D eigenvalue weighted by atomic mass is 9.74. The SMILES string of the molecule is NC1(CC2CCC3(CCCC3)O2)CCCc2ccccc21. The molecule has 4 rings (SSSR count). The average molecular weight is 285 g/mol. The highest BCUT2D eigenvalue weighted by atomic mass is 16.5. The van der Waals surface area contributed by atoms with Crippen LogP contribution < -0.4 is 5.73 Å². The van der Waals surface area contributed by atoms with Gasteiger partial charge in [0.2, 0.25) is 0 Å². The Kier molecular flexibility index (Phi) is 3.35. The Bertz CT molecular complexity index is 520. The third-order valence-electron chi connectivity index (χ3n) is 6.07. The molecule has 0 radical (unpaired) electrons. The summed E-state index contributed by atoms with van der Waals surface area (Å²) in [6, 6.07) is 8.78. The predicted molar refractivity (Wildman–Crippen MR) is 85.2 cm³/mol. The fourth-order valence-electron chi connectivity index (χ4n) is 5.00. The molecule has 2 N–H and O–H groups in total. The van der Waals surface area contributed by atoms with Gasteiger partial charge in [0.25, 0.3) is 0 Å². The topological polar surface area (TPSA) is 35.2 Å². The van der Waals surface area contributed by atoms with Crippen LogP contribution in [0.1, 0.15) is 68.9 Å². The molecule has 0 amide bonds. The van der Waals surface area contributed by atoms with Crippen molar-refractivity contribution in [1.29, 1.82) is 0 Å². The van der Waals surface area contributed by atoms with Crippen molar-refractivity contribution in [3.8, 4) is 0 Å². The minimum absolute atomic E-state index is 0.163. The van der Waals surface area contributed by atoms with Crippen molar-refractivity contribution in [2.45, 2.75) is 81.5 Å². The number of aryl methyl sites for hydroxylation is 1. The van der Waals surface area contributed by atoms with Crippen LogP contribution in [0.5, 0.6) is 0 Å². The Hall–Kier alpha value is -0.860. The van der Waals surface area contributed by atoms with Crippen LogP contribution >= 0.6 is 0 Å². The molecule has 1 saturated heterocycles. The summed E-state index contributed by atoms with van der Waals surface area (Å²) in [6.45, 7) is 0. The normalized spacial score (nSPS) is 34.2. The molecule has 1 aliphatic heterocycles. The first kappa shape index (κ1) is 13.8. The third-order valence-corrected chi connectivity index (χ3v) is 6.07. The molecule has 1 heterocycles. The fourth-order valence-corrected chi connectivity index (χ4v) is 5.00. The highest BCUT2D eigenvalue weighted by Gasteiger charge is 2.45. The van der Waals surface area contributed by atoms with Crippen molar-refractivity contribution in [3.63, 3.8) is 0 Å². The molecule has 2 nitrogen and oxygen atoms in total. The molecule has 2 heteroatoms. The van der Waals surface area contributed by atoms with Gasteiger partial charge in [-0.15, -0.1) is 0 Å². The molecule has 3 aliphatic rings. The van der Waals surface area contributed by atoms with E-state index in [1.807, 2.05) is 0 Å².